The number of carbonyl (C=O) groups is 2. The molecule has 0 saturated carbocycles. The molecule has 0 saturated heterocycles. The number of para-hydroxylation sites is 1. The molecule has 0 aliphatic rings. The van der Waals surface area contributed by atoms with E-state index in [1.165, 1.54) is 25.4 Å². The van der Waals surface area contributed by atoms with Crippen molar-refractivity contribution >= 4 is 17.5 Å². The van der Waals surface area contributed by atoms with Crippen LogP contribution >= 0.6 is 0 Å². The summed E-state index contributed by atoms with van der Waals surface area (Å²) in [6.07, 6.45) is -3.24. The van der Waals surface area contributed by atoms with Crippen molar-refractivity contribution < 1.29 is 27.2 Å². The Hall–Kier alpha value is -3.55. The van der Waals surface area contributed by atoms with Gasteiger partial charge in [-0.1, -0.05) is 42.5 Å². The number of anilines is 1. The van der Waals surface area contributed by atoms with Gasteiger partial charge in [0.05, 0.1) is 24.1 Å². The van der Waals surface area contributed by atoms with Crippen LogP contribution in [0.3, 0.4) is 0 Å². The highest BCUT2D eigenvalue weighted by Gasteiger charge is 2.33. The number of amides is 2. The highest BCUT2D eigenvalue weighted by Crippen LogP contribution is 2.34. The molecule has 0 unspecified atom stereocenters. The zero-order valence-electron chi connectivity index (χ0n) is 15.4. The third kappa shape index (κ3) is 4.66. The van der Waals surface area contributed by atoms with Crippen LogP contribution in [-0.2, 0) is 11.0 Å². The number of hydrogen-bond acceptors (Lipinski definition) is 3. The van der Waals surface area contributed by atoms with E-state index in [0.29, 0.717) is 5.56 Å². The van der Waals surface area contributed by atoms with Crippen molar-refractivity contribution in [3.63, 3.8) is 0 Å². The average Bonchev–Trinajstić information content (AvgIpc) is 3.17. The van der Waals surface area contributed by atoms with E-state index in [-0.39, 0.29) is 11.4 Å². The first-order valence-electron chi connectivity index (χ1n) is 8.62. The van der Waals surface area contributed by atoms with Crippen molar-refractivity contribution in [3.05, 3.63) is 78.3 Å². The van der Waals surface area contributed by atoms with Gasteiger partial charge in [-0.25, -0.2) is 0 Å². The largest absolute Gasteiger partial charge is 0.459 e. The maximum absolute atomic E-state index is 13.1. The Labute approximate surface area is 164 Å². The number of likely N-dealkylation sites (N-methyl/N-ethyl adjacent to an activating group) is 1. The molecule has 1 aromatic heterocycles. The van der Waals surface area contributed by atoms with Gasteiger partial charge in [-0.15, -0.1) is 0 Å². The highest BCUT2D eigenvalue weighted by molar-refractivity contribution is 6.01. The van der Waals surface area contributed by atoms with Crippen molar-refractivity contribution in [2.24, 2.45) is 0 Å². The van der Waals surface area contributed by atoms with E-state index >= 15 is 0 Å². The van der Waals surface area contributed by atoms with Gasteiger partial charge in [0.25, 0.3) is 5.91 Å². The molecule has 0 spiro atoms. The van der Waals surface area contributed by atoms with E-state index < -0.39 is 30.1 Å². The third-order valence-corrected chi connectivity index (χ3v) is 4.18. The van der Waals surface area contributed by atoms with Gasteiger partial charge in [0.2, 0.25) is 5.91 Å². The maximum Gasteiger partial charge on any atom is 0.418 e. The topological polar surface area (TPSA) is 62.6 Å². The van der Waals surface area contributed by atoms with Gasteiger partial charge < -0.3 is 14.6 Å². The van der Waals surface area contributed by atoms with Gasteiger partial charge in [0, 0.05) is 12.6 Å². The Morgan fingerprint density at radius 2 is 1.66 bits per heavy atom. The lowest BCUT2D eigenvalue weighted by atomic mass is 10.1. The molecular weight excluding hydrogens is 385 g/mol. The molecule has 5 nitrogen and oxygen atoms in total. The summed E-state index contributed by atoms with van der Waals surface area (Å²) < 4.78 is 44.5. The number of furan rings is 1. The molecule has 2 amide bonds. The molecule has 0 radical (unpaired) electrons. The van der Waals surface area contributed by atoms with Gasteiger partial charge >= 0.3 is 6.18 Å². The van der Waals surface area contributed by atoms with E-state index in [9.17, 15) is 22.8 Å². The lowest BCUT2D eigenvalue weighted by Crippen LogP contribution is -2.35. The fourth-order valence-electron chi connectivity index (χ4n) is 2.81. The SMILES string of the molecule is CN(CC(=O)Nc1ccccc1C(F)(F)F)C(=O)c1occc1-c1ccccc1. The van der Waals surface area contributed by atoms with Crippen LogP contribution in [0.5, 0.6) is 0 Å². The minimum atomic E-state index is -4.61. The highest BCUT2D eigenvalue weighted by atomic mass is 19.4. The first-order valence-corrected chi connectivity index (χ1v) is 8.62. The molecule has 0 aliphatic carbocycles. The zero-order chi connectivity index (χ0) is 21.0. The van der Waals surface area contributed by atoms with Crippen molar-refractivity contribution in [1.29, 1.82) is 0 Å². The standard InChI is InChI=1S/C21H17F3N2O3/c1-26(13-18(27)25-17-10-6-5-9-16(17)21(22,23)24)20(28)19-15(11-12-29-19)14-7-3-2-4-8-14/h2-12H,13H2,1H3,(H,25,27). The van der Waals surface area contributed by atoms with Crippen LogP contribution in [0.1, 0.15) is 16.1 Å². The lowest BCUT2D eigenvalue weighted by molar-refractivity contribution is -0.137. The van der Waals surface area contributed by atoms with Crippen molar-refractivity contribution in [2.45, 2.75) is 6.18 Å². The second-order valence-electron chi connectivity index (χ2n) is 6.28. The molecule has 0 atom stereocenters. The summed E-state index contributed by atoms with van der Waals surface area (Å²) in [6, 6.07) is 15.4. The Kier molecular flexibility index (Phi) is 5.72. The van der Waals surface area contributed by atoms with E-state index in [1.807, 2.05) is 30.3 Å². The van der Waals surface area contributed by atoms with Crippen LogP contribution in [0.25, 0.3) is 11.1 Å². The Balaban J connectivity index is 1.72. The Morgan fingerprint density at radius 1 is 1.00 bits per heavy atom. The smallest absolute Gasteiger partial charge is 0.418 e. The lowest BCUT2D eigenvalue weighted by Gasteiger charge is -2.18. The number of rotatable bonds is 5. The molecule has 8 heteroatoms. The summed E-state index contributed by atoms with van der Waals surface area (Å²) in [7, 11) is 1.37. The van der Waals surface area contributed by atoms with E-state index in [0.717, 1.165) is 22.6 Å². The number of benzene rings is 2. The minimum Gasteiger partial charge on any atom is -0.459 e. The van der Waals surface area contributed by atoms with Crippen molar-refractivity contribution in [2.75, 3.05) is 18.9 Å². The second-order valence-corrected chi connectivity index (χ2v) is 6.28. The molecule has 150 valence electrons. The van der Waals surface area contributed by atoms with Crippen LogP contribution in [0.4, 0.5) is 18.9 Å². The number of carbonyl (C=O) groups excluding carboxylic acids is 2. The van der Waals surface area contributed by atoms with Gasteiger partial charge in [-0.2, -0.15) is 13.2 Å². The summed E-state index contributed by atoms with van der Waals surface area (Å²) >= 11 is 0. The van der Waals surface area contributed by atoms with Crippen molar-refractivity contribution in [3.8, 4) is 11.1 Å². The van der Waals surface area contributed by atoms with E-state index in [1.54, 1.807) is 6.07 Å². The molecule has 0 aliphatic heterocycles. The molecule has 2 aromatic carbocycles. The number of hydrogen-bond donors (Lipinski definition) is 1. The van der Waals surface area contributed by atoms with Crippen LogP contribution in [0, 0.1) is 0 Å². The first-order chi connectivity index (χ1) is 13.8. The summed E-state index contributed by atoms with van der Waals surface area (Å²) in [5.74, 6) is -1.28. The van der Waals surface area contributed by atoms with Crippen LogP contribution in [0.2, 0.25) is 0 Å². The molecule has 0 fully saturated rings. The Morgan fingerprint density at radius 3 is 2.34 bits per heavy atom. The predicted octanol–water partition coefficient (Wildman–Crippen LogP) is 4.68. The number of alkyl halides is 3. The minimum absolute atomic E-state index is 0.0437. The maximum atomic E-state index is 13.1. The normalized spacial score (nSPS) is 11.2. The molecule has 3 aromatic rings. The van der Waals surface area contributed by atoms with Gasteiger partial charge in [-0.05, 0) is 23.8 Å². The van der Waals surface area contributed by atoms with Gasteiger partial charge in [0.15, 0.2) is 5.76 Å². The molecule has 3 rings (SSSR count). The zero-order valence-corrected chi connectivity index (χ0v) is 15.4. The Bertz CT molecular complexity index is 1010. The van der Waals surface area contributed by atoms with Crippen molar-refractivity contribution in [1.82, 2.24) is 4.90 Å². The van der Waals surface area contributed by atoms with Crippen LogP contribution in [0.15, 0.2) is 71.3 Å². The third-order valence-electron chi connectivity index (χ3n) is 4.18. The average molecular weight is 402 g/mol. The fraction of sp³-hybridized carbons (Fsp3) is 0.143. The number of halogens is 3. The van der Waals surface area contributed by atoms with Crippen LogP contribution < -0.4 is 5.32 Å². The van der Waals surface area contributed by atoms with Gasteiger partial charge in [-0.3, -0.25) is 9.59 Å². The van der Waals surface area contributed by atoms with E-state index in [2.05, 4.69) is 5.32 Å². The van der Waals surface area contributed by atoms with E-state index in [4.69, 9.17) is 4.42 Å². The molecular formula is C21H17F3N2O3. The quantitative estimate of drug-likeness (QED) is 0.674. The second kappa shape index (κ2) is 8.22. The predicted molar refractivity (Wildman–Crippen MR) is 101 cm³/mol. The fourth-order valence-corrected chi connectivity index (χ4v) is 2.81. The molecule has 1 N–H and O–H groups in total. The summed E-state index contributed by atoms with van der Waals surface area (Å²) in [5.41, 5.74) is 0.000353. The monoisotopic (exact) mass is 402 g/mol. The number of nitrogens with zero attached hydrogens (tertiary/aromatic N) is 1. The number of nitrogens with one attached hydrogen (secondary N) is 1. The first kappa shape index (κ1) is 20.2. The van der Waals surface area contributed by atoms with Gasteiger partial charge in [0.1, 0.15) is 0 Å². The summed E-state index contributed by atoms with van der Waals surface area (Å²) in [6.45, 7) is -0.444. The molecule has 1 heterocycles. The summed E-state index contributed by atoms with van der Waals surface area (Å²) in [5, 5.41) is 2.21. The molecule has 0 bridgehead atoms. The van der Waals surface area contributed by atoms with Crippen LogP contribution in [-0.4, -0.2) is 30.3 Å². The summed E-state index contributed by atoms with van der Waals surface area (Å²) in [4.78, 5) is 26.0. The molecule has 29 heavy (non-hydrogen) atoms.